The summed E-state index contributed by atoms with van der Waals surface area (Å²) in [4.78, 5) is 9.96. The first-order valence-corrected chi connectivity index (χ1v) is 7.77. The van der Waals surface area contributed by atoms with E-state index < -0.39 is 5.60 Å². The number of hydrogen-bond acceptors (Lipinski definition) is 3. The van der Waals surface area contributed by atoms with E-state index in [1.807, 2.05) is 0 Å². The summed E-state index contributed by atoms with van der Waals surface area (Å²) >= 11 is 0. The number of H-pyrrole nitrogens is 1. The molecule has 2 heterocycles. The van der Waals surface area contributed by atoms with E-state index in [1.165, 1.54) is 18.6 Å². The molecule has 2 aromatic rings. The van der Waals surface area contributed by atoms with Crippen LogP contribution in [0.15, 0.2) is 18.2 Å². The summed E-state index contributed by atoms with van der Waals surface area (Å²) in [6.45, 7) is 1.63. The largest absolute Gasteiger partial charge is 0.389 e. The zero-order valence-corrected chi connectivity index (χ0v) is 12.0. The van der Waals surface area contributed by atoms with E-state index in [2.05, 4.69) is 14.9 Å². The van der Waals surface area contributed by atoms with Gasteiger partial charge >= 0.3 is 0 Å². The highest BCUT2D eigenvalue weighted by Crippen LogP contribution is 2.40. The fourth-order valence-corrected chi connectivity index (χ4v) is 3.88. The second-order valence-electron chi connectivity index (χ2n) is 6.46. The zero-order chi connectivity index (χ0) is 14.4. The van der Waals surface area contributed by atoms with Crippen molar-refractivity contribution < 1.29 is 9.50 Å². The molecule has 1 aromatic heterocycles. The first-order valence-electron chi connectivity index (χ1n) is 7.77. The fourth-order valence-electron chi connectivity index (χ4n) is 3.88. The first-order chi connectivity index (χ1) is 10.1. The minimum Gasteiger partial charge on any atom is -0.389 e. The van der Waals surface area contributed by atoms with Crippen molar-refractivity contribution in [3.05, 3.63) is 24.0 Å². The van der Waals surface area contributed by atoms with Crippen LogP contribution in [0.25, 0.3) is 11.0 Å². The van der Waals surface area contributed by atoms with Crippen LogP contribution in [0.1, 0.15) is 32.1 Å². The van der Waals surface area contributed by atoms with Crippen molar-refractivity contribution in [3.63, 3.8) is 0 Å². The highest BCUT2D eigenvalue weighted by molar-refractivity contribution is 5.77. The van der Waals surface area contributed by atoms with Gasteiger partial charge in [-0.15, -0.1) is 0 Å². The van der Waals surface area contributed by atoms with E-state index in [-0.39, 0.29) is 5.82 Å². The number of hydrogen-bond donors (Lipinski definition) is 2. The van der Waals surface area contributed by atoms with Crippen LogP contribution >= 0.6 is 0 Å². The molecule has 2 fully saturated rings. The van der Waals surface area contributed by atoms with E-state index in [4.69, 9.17) is 0 Å². The molecule has 4 nitrogen and oxygen atoms in total. The summed E-state index contributed by atoms with van der Waals surface area (Å²) in [5, 5.41) is 10.7. The molecule has 0 amide bonds. The molecule has 0 spiro atoms. The summed E-state index contributed by atoms with van der Waals surface area (Å²) in [5.41, 5.74) is 1.04. The number of aliphatic hydroxyl groups is 1. The molecular formula is C16H20FN3O. The summed E-state index contributed by atoms with van der Waals surface area (Å²) < 4.78 is 13.3. The third-order valence-electron chi connectivity index (χ3n) is 5.16. The maximum atomic E-state index is 13.3. The molecule has 1 aromatic carbocycles. The molecule has 112 valence electrons. The number of piperidine rings is 1. The van der Waals surface area contributed by atoms with Gasteiger partial charge in [-0.1, -0.05) is 12.8 Å². The Bertz CT molecular complexity index is 671. The number of anilines is 1. The van der Waals surface area contributed by atoms with Gasteiger partial charge in [0.05, 0.1) is 16.6 Å². The number of nitrogens with zero attached hydrogens (tertiary/aromatic N) is 2. The van der Waals surface area contributed by atoms with Crippen LogP contribution in [-0.2, 0) is 0 Å². The number of nitrogens with one attached hydrogen (secondary N) is 1. The van der Waals surface area contributed by atoms with Crippen LogP contribution in [0.2, 0.25) is 0 Å². The predicted molar refractivity (Wildman–Crippen MR) is 79.8 cm³/mol. The van der Waals surface area contributed by atoms with Crippen LogP contribution in [-0.4, -0.2) is 33.8 Å². The summed E-state index contributed by atoms with van der Waals surface area (Å²) in [5.74, 6) is 0.867. The lowest BCUT2D eigenvalue weighted by Crippen LogP contribution is -2.53. The second-order valence-corrected chi connectivity index (χ2v) is 6.46. The lowest BCUT2D eigenvalue weighted by Gasteiger charge is -2.47. The first kappa shape index (κ1) is 13.1. The summed E-state index contributed by atoms with van der Waals surface area (Å²) in [6, 6.07) is 4.61. The molecule has 0 radical (unpaired) electrons. The Balaban J connectivity index is 1.61. The van der Waals surface area contributed by atoms with E-state index in [0.717, 1.165) is 55.8 Å². The lowest BCUT2D eigenvalue weighted by molar-refractivity contribution is -0.0614. The molecule has 4 rings (SSSR count). The fraction of sp³-hybridized carbons (Fsp3) is 0.562. The number of rotatable bonds is 1. The quantitative estimate of drug-likeness (QED) is 0.849. The van der Waals surface area contributed by atoms with Gasteiger partial charge in [0.1, 0.15) is 5.82 Å². The van der Waals surface area contributed by atoms with Gasteiger partial charge in [0.15, 0.2) is 0 Å². The molecule has 1 saturated heterocycles. The molecule has 2 atom stereocenters. The Labute approximate surface area is 123 Å². The maximum absolute atomic E-state index is 13.3. The predicted octanol–water partition coefficient (Wildman–Crippen LogP) is 2.83. The van der Waals surface area contributed by atoms with Gasteiger partial charge in [0.2, 0.25) is 5.95 Å². The number of fused-ring (bicyclic) bond motifs is 2. The summed E-state index contributed by atoms with van der Waals surface area (Å²) in [7, 11) is 0. The monoisotopic (exact) mass is 289 g/mol. The van der Waals surface area contributed by atoms with Crippen LogP contribution in [0.3, 0.4) is 0 Å². The van der Waals surface area contributed by atoms with Crippen molar-refractivity contribution in [3.8, 4) is 0 Å². The van der Waals surface area contributed by atoms with Gasteiger partial charge in [0.25, 0.3) is 0 Å². The zero-order valence-electron chi connectivity index (χ0n) is 12.0. The Morgan fingerprint density at radius 2 is 2.24 bits per heavy atom. The smallest absolute Gasteiger partial charge is 0.203 e. The van der Waals surface area contributed by atoms with Crippen molar-refractivity contribution in [2.75, 3.05) is 18.0 Å². The van der Waals surface area contributed by atoms with Crippen molar-refractivity contribution in [2.24, 2.45) is 5.92 Å². The molecule has 2 N–H and O–H groups in total. The number of aromatic amines is 1. The van der Waals surface area contributed by atoms with Crippen LogP contribution in [0, 0.1) is 11.7 Å². The molecule has 1 aliphatic heterocycles. The number of imidazole rings is 1. The Morgan fingerprint density at radius 1 is 1.33 bits per heavy atom. The van der Waals surface area contributed by atoms with Gasteiger partial charge in [-0.05, 0) is 37.5 Å². The van der Waals surface area contributed by atoms with E-state index in [0.29, 0.717) is 5.92 Å². The van der Waals surface area contributed by atoms with Crippen molar-refractivity contribution in [1.82, 2.24) is 9.97 Å². The van der Waals surface area contributed by atoms with Crippen LogP contribution in [0.5, 0.6) is 0 Å². The molecular weight excluding hydrogens is 269 g/mol. The maximum Gasteiger partial charge on any atom is 0.203 e. The SMILES string of the molecule is OC12CCCCC1CN(c1nc3ccc(F)cc3[nH]1)CC2. The highest BCUT2D eigenvalue weighted by atomic mass is 19.1. The van der Waals surface area contributed by atoms with Crippen molar-refractivity contribution >= 4 is 17.0 Å². The summed E-state index contributed by atoms with van der Waals surface area (Å²) in [6.07, 6.45) is 5.14. The molecule has 1 aliphatic carbocycles. The minimum absolute atomic E-state index is 0.252. The van der Waals surface area contributed by atoms with Gasteiger partial charge in [-0.2, -0.15) is 0 Å². The minimum atomic E-state index is -0.479. The van der Waals surface area contributed by atoms with E-state index in [1.54, 1.807) is 6.07 Å². The van der Waals surface area contributed by atoms with E-state index >= 15 is 0 Å². The molecule has 1 saturated carbocycles. The van der Waals surface area contributed by atoms with Crippen LogP contribution in [0.4, 0.5) is 10.3 Å². The van der Waals surface area contributed by atoms with Crippen molar-refractivity contribution in [1.29, 1.82) is 0 Å². The van der Waals surface area contributed by atoms with E-state index in [9.17, 15) is 9.50 Å². The number of aromatic nitrogens is 2. The van der Waals surface area contributed by atoms with Crippen LogP contribution < -0.4 is 4.90 Å². The van der Waals surface area contributed by atoms with Gasteiger partial charge in [0, 0.05) is 19.0 Å². The number of benzene rings is 1. The molecule has 2 unspecified atom stereocenters. The Kier molecular flexibility index (Phi) is 2.92. The average molecular weight is 289 g/mol. The molecule has 5 heteroatoms. The number of halogens is 1. The van der Waals surface area contributed by atoms with Gasteiger partial charge in [-0.25, -0.2) is 9.37 Å². The molecule has 21 heavy (non-hydrogen) atoms. The second kappa shape index (κ2) is 4.70. The Morgan fingerprint density at radius 3 is 3.14 bits per heavy atom. The standard InChI is InChI=1S/C16H20FN3O/c17-12-4-5-13-14(9-12)19-15(18-13)20-8-7-16(21)6-2-1-3-11(16)10-20/h4-5,9,11,21H,1-3,6-8,10H2,(H,18,19). The lowest BCUT2D eigenvalue weighted by atomic mass is 9.71. The third-order valence-corrected chi connectivity index (χ3v) is 5.16. The third kappa shape index (κ3) is 2.20. The topological polar surface area (TPSA) is 52.1 Å². The van der Waals surface area contributed by atoms with Gasteiger partial charge in [-0.3, -0.25) is 0 Å². The average Bonchev–Trinajstić information content (AvgIpc) is 2.89. The van der Waals surface area contributed by atoms with Gasteiger partial charge < -0.3 is 15.0 Å². The normalized spacial score (nSPS) is 29.6. The Hall–Kier alpha value is -1.62. The van der Waals surface area contributed by atoms with Crippen molar-refractivity contribution in [2.45, 2.75) is 37.7 Å². The highest BCUT2D eigenvalue weighted by Gasteiger charge is 2.43. The molecule has 2 aliphatic rings. The molecule has 0 bridgehead atoms.